The van der Waals surface area contributed by atoms with Crippen molar-refractivity contribution < 1.29 is 26.8 Å². The van der Waals surface area contributed by atoms with Crippen molar-refractivity contribution in [2.24, 2.45) is 0 Å². The molecule has 1 fully saturated rings. The number of hydrogen-bond acceptors (Lipinski definition) is 9. The maximum atomic E-state index is 13.5. The van der Waals surface area contributed by atoms with Gasteiger partial charge in [-0.1, -0.05) is 35.1 Å². The number of carbonyl (C=O) groups is 1. The van der Waals surface area contributed by atoms with E-state index in [1.807, 2.05) is 35.2 Å². The van der Waals surface area contributed by atoms with Crippen molar-refractivity contribution in [1.82, 2.24) is 49.5 Å². The Kier molecular flexibility index (Phi) is 7.69. The topological polar surface area (TPSA) is 124 Å². The number of halogens is 4. The first-order valence-electron chi connectivity index (χ1n) is 14.2. The third-order valence-electron chi connectivity index (χ3n) is 7.73. The van der Waals surface area contributed by atoms with E-state index in [0.717, 1.165) is 16.5 Å². The smallest absolute Gasteiger partial charge is 0.350 e. The predicted molar refractivity (Wildman–Crippen MR) is 155 cm³/mol. The number of amides is 1. The molecule has 12 nitrogen and oxygen atoms in total. The van der Waals surface area contributed by atoms with Crippen LogP contribution < -0.4 is 0 Å². The number of fused-ring (bicyclic) bond motifs is 1. The summed E-state index contributed by atoms with van der Waals surface area (Å²) in [6.45, 7) is -4.12. The Morgan fingerprint density at radius 2 is 1.70 bits per heavy atom. The highest BCUT2D eigenvalue weighted by atomic mass is 19.3. The Bertz CT molecular complexity index is 1990. The van der Waals surface area contributed by atoms with Gasteiger partial charge in [0.15, 0.2) is 11.4 Å². The molecule has 1 aliphatic heterocycles. The average Bonchev–Trinajstić information content (AvgIpc) is 3.85. The highest BCUT2D eigenvalue weighted by Crippen LogP contribution is 2.31. The number of nitrogens with zero attached hydrogens (tertiary/aromatic N) is 10. The molecule has 6 aromatic rings. The molecule has 0 N–H and O–H groups in total. The van der Waals surface area contributed by atoms with Crippen LogP contribution in [0.4, 0.5) is 17.6 Å². The van der Waals surface area contributed by atoms with E-state index in [9.17, 15) is 22.4 Å². The van der Waals surface area contributed by atoms with Gasteiger partial charge in [0.1, 0.15) is 11.2 Å². The summed E-state index contributed by atoms with van der Waals surface area (Å²) < 4.78 is 59.8. The number of tetrazole rings is 1. The average molecular weight is 633 g/mol. The van der Waals surface area contributed by atoms with Crippen LogP contribution in [0.1, 0.15) is 41.0 Å². The molecule has 0 radical (unpaired) electrons. The van der Waals surface area contributed by atoms with Crippen molar-refractivity contribution in [3.8, 4) is 22.7 Å². The van der Waals surface area contributed by atoms with E-state index in [0.29, 0.717) is 48.4 Å². The molecule has 5 heterocycles. The molecule has 1 atom stereocenters. The molecule has 1 amide bonds. The fourth-order valence-corrected chi connectivity index (χ4v) is 5.51. The second-order valence-electron chi connectivity index (χ2n) is 10.5. The number of carbonyl (C=O) groups excluding carboxylic acids is 1. The minimum atomic E-state index is -2.91. The number of benzene rings is 2. The molecule has 16 heteroatoms. The van der Waals surface area contributed by atoms with E-state index in [1.165, 1.54) is 12.4 Å². The first-order chi connectivity index (χ1) is 22.4. The maximum absolute atomic E-state index is 13.5. The zero-order valence-electron chi connectivity index (χ0n) is 23.9. The third kappa shape index (κ3) is 5.58. The van der Waals surface area contributed by atoms with Gasteiger partial charge in [0.2, 0.25) is 5.89 Å². The fraction of sp³-hybridized carbons (Fsp3) is 0.233. The molecule has 0 saturated carbocycles. The number of imidazole rings is 1. The molecule has 1 aliphatic rings. The monoisotopic (exact) mass is 632 g/mol. The summed E-state index contributed by atoms with van der Waals surface area (Å²) >= 11 is 0. The van der Waals surface area contributed by atoms with Crippen molar-refractivity contribution in [3.05, 3.63) is 96.5 Å². The zero-order chi connectivity index (χ0) is 31.8. The number of oxazole rings is 1. The van der Waals surface area contributed by atoms with Crippen LogP contribution in [-0.2, 0) is 0 Å². The van der Waals surface area contributed by atoms with Crippen LogP contribution in [0.3, 0.4) is 0 Å². The van der Waals surface area contributed by atoms with Gasteiger partial charge in [-0.25, -0.2) is 9.97 Å². The Labute approximate surface area is 257 Å². The van der Waals surface area contributed by atoms with Gasteiger partial charge in [-0.3, -0.25) is 19.2 Å². The summed E-state index contributed by atoms with van der Waals surface area (Å²) in [5.41, 5.74) is 3.16. The Hall–Kier alpha value is -5.51. The second kappa shape index (κ2) is 12.1. The molecule has 7 rings (SSSR count). The molecular weight excluding hydrogens is 608 g/mol. The van der Waals surface area contributed by atoms with E-state index < -0.39 is 19.1 Å². The van der Waals surface area contributed by atoms with Crippen LogP contribution in [-0.4, -0.2) is 81.6 Å². The summed E-state index contributed by atoms with van der Waals surface area (Å²) in [4.78, 5) is 30.1. The lowest BCUT2D eigenvalue weighted by atomic mass is 10.0. The number of rotatable bonds is 8. The summed E-state index contributed by atoms with van der Waals surface area (Å²) in [5.74, 6) is 0.0924. The van der Waals surface area contributed by atoms with Crippen molar-refractivity contribution >= 4 is 17.0 Å². The van der Waals surface area contributed by atoms with Gasteiger partial charge in [-0.15, -0.1) is 10.2 Å². The Morgan fingerprint density at radius 3 is 2.43 bits per heavy atom. The van der Waals surface area contributed by atoms with E-state index in [1.54, 1.807) is 35.2 Å². The van der Waals surface area contributed by atoms with Crippen LogP contribution in [0.25, 0.3) is 33.8 Å². The van der Waals surface area contributed by atoms with Gasteiger partial charge in [-0.2, -0.15) is 17.6 Å². The van der Waals surface area contributed by atoms with Crippen molar-refractivity contribution in [1.29, 1.82) is 0 Å². The van der Waals surface area contributed by atoms with E-state index in [-0.39, 0.29) is 33.8 Å². The SMILES string of the molecule is O=C(c1cc(-c2nc3cc(-c4cncn4C(F)F)ccc3o2)ccn1)N1CCN(C(c2ccccc2)c2nnn(C(F)F)n2)CC1. The Morgan fingerprint density at radius 1 is 0.891 bits per heavy atom. The van der Waals surface area contributed by atoms with Crippen LogP contribution in [0.15, 0.2) is 83.8 Å². The largest absolute Gasteiger partial charge is 0.436 e. The highest BCUT2D eigenvalue weighted by molar-refractivity contribution is 5.93. The maximum Gasteiger partial charge on any atom is 0.350 e. The summed E-state index contributed by atoms with van der Waals surface area (Å²) in [7, 11) is 0. The number of hydrogen-bond donors (Lipinski definition) is 0. The minimum Gasteiger partial charge on any atom is -0.436 e. The summed E-state index contributed by atoms with van der Waals surface area (Å²) in [6, 6.07) is 16.9. The quantitative estimate of drug-likeness (QED) is 0.212. The highest BCUT2D eigenvalue weighted by Gasteiger charge is 2.32. The molecule has 1 saturated heterocycles. The lowest BCUT2D eigenvalue weighted by molar-refractivity contribution is 0.0385. The van der Waals surface area contributed by atoms with Crippen molar-refractivity contribution in [3.63, 3.8) is 0 Å². The number of alkyl halides is 4. The van der Waals surface area contributed by atoms with Crippen LogP contribution in [0.5, 0.6) is 0 Å². The molecule has 46 heavy (non-hydrogen) atoms. The van der Waals surface area contributed by atoms with Crippen LogP contribution in [0.2, 0.25) is 0 Å². The van der Waals surface area contributed by atoms with Gasteiger partial charge in [0, 0.05) is 43.5 Å². The second-order valence-corrected chi connectivity index (χ2v) is 10.5. The number of piperazine rings is 1. The molecule has 234 valence electrons. The van der Waals surface area contributed by atoms with Gasteiger partial charge < -0.3 is 9.32 Å². The minimum absolute atomic E-state index is 0.144. The summed E-state index contributed by atoms with van der Waals surface area (Å²) in [5, 5.41) is 11.3. The number of aromatic nitrogens is 8. The molecule has 4 aromatic heterocycles. The van der Waals surface area contributed by atoms with Crippen molar-refractivity contribution in [2.45, 2.75) is 19.1 Å². The standard InChI is InChI=1S/C30H24F4N10O2/c31-29(32)43-17-35-16-23(43)19-6-7-24-21(14-19)37-27(46-24)20-8-9-36-22(15-20)28(45)42-12-10-41(11-13-42)25(18-4-2-1-3-5-18)26-38-40-44(39-26)30(33)34/h1-9,14-17,25,29-30H,10-13H2. The lowest BCUT2D eigenvalue weighted by Crippen LogP contribution is -2.50. The van der Waals surface area contributed by atoms with E-state index in [4.69, 9.17) is 4.42 Å². The molecule has 0 bridgehead atoms. The third-order valence-corrected chi connectivity index (χ3v) is 7.73. The zero-order valence-corrected chi connectivity index (χ0v) is 23.9. The molecule has 0 spiro atoms. The molecule has 0 aliphatic carbocycles. The first-order valence-corrected chi connectivity index (χ1v) is 14.2. The van der Waals surface area contributed by atoms with Gasteiger partial charge >= 0.3 is 13.1 Å². The van der Waals surface area contributed by atoms with Crippen LogP contribution >= 0.6 is 0 Å². The molecule has 2 aromatic carbocycles. The van der Waals surface area contributed by atoms with Crippen LogP contribution in [0, 0.1) is 0 Å². The first kappa shape index (κ1) is 29.2. The molecular formula is C30H24F4N10O2. The normalized spacial score (nSPS) is 14.9. The fourth-order valence-electron chi connectivity index (χ4n) is 5.51. The Balaban J connectivity index is 1.08. The van der Waals surface area contributed by atoms with Gasteiger partial charge in [0.25, 0.3) is 5.91 Å². The lowest BCUT2D eigenvalue weighted by Gasteiger charge is -2.38. The van der Waals surface area contributed by atoms with E-state index in [2.05, 4.69) is 30.4 Å². The summed E-state index contributed by atoms with van der Waals surface area (Å²) in [6.07, 6.45) is 3.91. The van der Waals surface area contributed by atoms with Crippen molar-refractivity contribution in [2.75, 3.05) is 26.2 Å². The number of pyridine rings is 1. The van der Waals surface area contributed by atoms with Gasteiger partial charge in [-0.05, 0) is 41.1 Å². The van der Waals surface area contributed by atoms with Gasteiger partial charge in [0.05, 0.1) is 24.3 Å². The predicted octanol–water partition coefficient (Wildman–Crippen LogP) is 5.08. The van der Waals surface area contributed by atoms with E-state index >= 15 is 0 Å². The molecule has 1 unspecified atom stereocenters.